The first-order valence-corrected chi connectivity index (χ1v) is 11.3. The maximum atomic E-state index is 12.5. The number of hydrogen-bond donors (Lipinski definition) is 1. The first kappa shape index (κ1) is 22.4. The summed E-state index contributed by atoms with van der Waals surface area (Å²) in [6, 6.07) is 9.85. The molecule has 1 amide bonds. The van der Waals surface area contributed by atoms with E-state index in [1.807, 2.05) is 32.9 Å². The molecule has 0 saturated heterocycles. The lowest BCUT2D eigenvalue weighted by molar-refractivity contribution is 0.0696. The van der Waals surface area contributed by atoms with Gasteiger partial charge >= 0.3 is 6.09 Å². The molecule has 32 heavy (non-hydrogen) atoms. The predicted molar refractivity (Wildman–Crippen MR) is 121 cm³/mol. The van der Waals surface area contributed by atoms with Crippen LogP contribution in [0, 0.1) is 5.92 Å². The summed E-state index contributed by atoms with van der Waals surface area (Å²) in [5.74, 6) is 1.05. The normalized spacial score (nSPS) is 20.8. The van der Waals surface area contributed by atoms with Crippen molar-refractivity contribution < 1.29 is 19.1 Å². The summed E-state index contributed by atoms with van der Waals surface area (Å²) in [5.41, 5.74) is 2.01. The van der Waals surface area contributed by atoms with Crippen LogP contribution in [0.5, 0.6) is 5.75 Å². The molecule has 2 aliphatic rings. The predicted octanol–water partition coefficient (Wildman–Crippen LogP) is 4.48. The highest BCUT2D eigenvalue weighted by molar-refractivity contribution is 5.66. The number of benzene rings is 1. The molecule has 1 fully saturated rings. The molecular weight excluding hydrogens is 408 g/mol. The molecule has 0 spiro atoms. The molecule has 2 aromatic rings. The maximum Gasteiger partial charge on any atom is 0.407 e. The average molecular weight is 441 g/mol. The van der Waals surface area contributed by atoms with E-state index in [9.17, 15) is 14.7 Å². The summed E-state index contributed by atoms with van der Waals surface area (Å²) in [6.45, 7) is 8.41. The summed E-state index contributed by atoms with van der Waals surface area (Å²) >= 11 is 0. The van der Waals surface area contributed by atoms with Gasteiger partial charge in [0.1, 0.15) is 12.0 Å². The molecular formula is C25H32N2O5. The molecule has 2 atom stereocenters. The highest BCUT2D eigenvalue weighted by atomic mass is 16.5. The lowest BCUT2D eigenvalue weighted by Crippen LogP contribution is -2.50. The molecule has 0 radical (unpaired) electrons. The number of ether oxygens (including phenoxy) is 1. The SMILES string of the molecule is CC(C)(C)N(C(=O)O)C1CCC(COc2coc(CN3Cc4ccccc4C3)cc2=O)C1. The Hall–Kier alpha value is -2.80. The molecule has 1 N–H and O–H groups in total. The Balaban J connectivity index is 1.30. The van der Waals surface area contributed by atoms with Gasteiger partial charge < -0.3 is 19.2 Å². The van der Waals surface area contributed by atoms with Crippen molar-refractivity contribution in [3.63, 3.8) is 0 Å². The Labute approximate surface area is 188 Å². The molecule has 4 rings (SSSR count). The fraction of sp³-hybridized carbons (Fsp3) is 0.520. The minimum Gasteiger partial charge on any atom is -0.486 e. The number of fused-ring (bicyclic) bond motifs is 1. The average Bonchev–Trinajstić information content (AvgIpc) is 3.32. The van der Waals surface area contributed by atoms with Crippen LogP contribution in [-0.4, -0.2) is 39.2 Å². The summed E-state index contributed by atoms with van der Waals surface area (Å²) in [7, 11) is 0. The molecule has 2 heterocycles. The van der Waals surface area contributed by atoms with Crippen LogP contribution in [0.25, 0.3) is 0 Å². The molecule has 0 bridgehead atoms. The zero-order valence-corrected chi connectivity index (χ0v) is 19.0. The van der Waals surface area contributed by atoms with E-state index in [-0.39, 0.29) is 23.1 Å². The largest absolute Gasteiger partial charge is 0.486 e. The van der Waals surface area contributed by atoms with Crippen LogP contribution in [0.2, 0.25) is 0 Å². The van der Waals surface area contributed by atoms with Gasteiger partial charge in [-0.2, -0.15) is 0 Å². The molecule has 7 heteroatoms. The number of hydrogen-bond acceptors (Lipinski definition) is 5. The van der Waals surface area contributed by atoms with Crippen molar-refractivity contribution in [1.29, 1.82) is 0 Å². The van der Waals surface area contributed by atoms with E-state index in [2.05, 4.69) is 17.0 Å². The van der Waals surface area contributed by atoms with Crippen molar-refractivity contribution in [3.05, 3.63) is 63.7 Å². The van der Waals surface area contributed by atoms with Gasteiger partial charge in [-0.25, -0.2) is 4.79 Å². The second-order valence-corrected chi connectivity index (χ2v) is 9.96. The van der Waals surface area contributed by atoms with Gasteiger partial charge in [0.05, 0.1) is 13.2 Å². The van der Waals surface area contributed by atoms with Gasteiger partial charge in [0.2, 0.25) is 11.2 Å². The van der Waals surface area contributed by atoms with E-state index in [4.69, 9.17) is 9.15 Å². The lowest BCUT2D eigenvalue weighted by Gasteiger charge is -2.38. The zero-order valence-electron chi connectivity index (χ0n) is 19.0. The summed E-state index contributed by atoms with van der Waals surface area (Å²) in [4.78, 5) is 28.1. The van der Waals surface area contributed by atoms with E-state index in [1.165, 1.54) is 23.5 Å². The van der Waals surface area contributed by atoms with Gasteiger partial charge in [0, 0.05) is 30.7 Å². The van der Waals surface area contributed by atoms with Gasteiger partial charge in [-0.1, -0.05) is 24.3 Å². The minimum absolute atomic E-state index is 0.0236. The Kier molecular flexibility index (Phi) is 6.29. The smallest absolute Gasteiger partial charge is 0.407 e. The van der Waals surface area contributed by atoms with Crippen molar-refractivity contribution in [2.24, 2.45) is 5.92 Å². The number of carbonyl (C=O) groups is 1. The van der Waals surface area contributed by atoms with Crippen molar-refractivity contribution >= 4 is 6.09 Å². The third kappa shape index (κ3) is 4.99. The van der Waals surface area contributed by atoms with Gasteiger partial charge in [-0.3, -0.25) is 9.69 Å². The Morgan fingerprint density at radius 3 is 2.50 bits per heavy atom. The van der Waals surface area contributed by atoms with Crippen molar-refractivity contribution in [3.8, 4) is 5.75 Å². The third-order valence-corrected chi connectivity index (χ3v) is 6.42. The summed E-state index contributed by atoms with van der Waals surface area (Å²) in [6.07, 6.45) is 2.95. The van der Waals surface area contributed by atoms with E-state index in [1.54, 1.807) is 4.90 Å². The Morgan fingerprint density at radius 1 is 1.22 bits per heavy atom. The lowest BCUT2D eigenvalue weighted by atomic mass is 10.0. The molecule has 1 aliphatic heterocycles. The summed E-state index contributed by atoms with van der Waals surface area (Å²) in [5, 5.41) is 9.62. The van der Waals surface area contributed by atoms with Crippen LogP contribution in [-0.2, 0) is 19.6 Å². The fourth-order valence-electron chi connectivity index (χ4n) is 5.00. The van der Waals surface area contributed by atoms with Crippen LogP contribution >= 0.6 is 0 Å². The number of rotatable bonds is 6. The zero-order chi connectivity index (χ0) is 22.9. The fourth-order valence-corrected chi connectivity index (χ4v) is 5.00. The van der Waals surface area contributed by atoms with Crippen LogP contribution in [0.3, 0.4) is 0 Å². The second kappa shape index (κ2) is 8.98. The van der Waals surface area contributed by atoms with Crippen molar-refractivity contribution in [1.82, 2.24) is 9.80 Å². The third-order valence-electron chi connectivity index (χ3n) is 6.42. The highest BCUT2D eigenvalue weighted by Crippen LogP contribution is 2.33. The number of nitrogens with zero attached hydrogens (tertiary/aromatic N) is 2. The van der Waals surface area contributed by atoms with Crippen LogP contribution in [0.15, 0.2) is 45.8 Å². The van der Waals surface area contributed by atoms with Gasteiger partial charge in [0.15, 0.2) is 0 Å². The first-order chi connectivity index (χ1) is 15.2. The number of amides is 1. The van der Waals surface area contributed by atoms with E-state index < -0.39 is 11.6 Å². The quantitative estimate of drug-likeness (QED) is 0.713. The second-order valence-electron chi connectivity index (χ2n) is 9.96. The topological polar surface area (TPSA) is 83.2 Å². The van der Waals surface area contributed by atoms with Crippen molar-refractivity contribution in [2.45, 2.75) is 71.2 Å². The number of carboxylic acid groups (broad SMARTS) is 1. The molecule has 1 saturated carbocycles. The standard InChI is InChI=1S/C25H32N2O5/c1-25(2,3)27(24(29)30)20-9-8-17(10-20)15-32-23-16-31-21(11-22(23)28)14-26-12-18-6-4-5-7-19(18)13-26/h4-7,11,16-17,20H,8-10,12-15H2,1-3H3,(H,29,30). The molecule has 1 aromatic carbocycles. The molecule has 1 aliphatic carbocycles. The highest BCUT2D eigenvalue weighted by Gasteiger charge is 2.38. The Bertz CT molecular complexity index is 1000. The first-order valence-electron chi connectivity index (χ1n) is 11.3. The van der Waals surface area contributed by atoms with Gasteiger partial charge in [-0.05, 0) is 57.1 Å². The van der Waals surface area contributed by atoms with Crippen LogP contribution in [0.4, 0.5) is 4.79 Å². The molecule has 1 aromatic heterocycles. The molecule has 172 valence electrons. The maximum absolute atomic E-state index is 12.5. The van der Waals surface area contributed by atoms with Gasteiger partial charge in [0.25, 0.3) is 0 Å². The molecule has 7 nitrogen and oxygen atoms in total. The van der Waals surface area contributed by atoms with E-state index in [0.29, 0.717) is 18.9 Å². The van der Waals surface area contributed by atoms with E-state index in [0.717, 1.165) is 32.4 Å². The summed E-state index contributed by atoms with van der Waals surface area (Å²) < 4.78 is 11.5. The molecule has 2 unspecified atom stereocenters. The minimum atomic E-state index is -0.888. The monoisotopic (exact) mass is 440 g/mol. The van der Waals surface area contributed by atoms with Crippen molar-refractivity contribution in [2.75, 3.05) is 6.61 Å². The van der Waals surface area contributed by atoms with Crippen LogP contribution < -0.4 is 10.2 Å². The van der Waals surface area contributed by atoms with E-state index >= 15 is 0 Å². The van der Waals surface area contributed by atoms with Gasteiger partial charge in [-0.15, -0.1) is 0 Å². The van der Waals surface area contributed by atoms with Crippen LogP contribution in [0.1, 0.15) is 56.9 Å². The Morgan fingerprint density at radius 2 is 1.91 bits per heavy atom.